The predicted molar refractivity (Wildman–Crippen MR) is 55.6 cm³/mol. The summed E-state index contributed by atoms with van der Waals surface area (Å²) in [5, 5.41) is 10.5. The molecule has 1 atom stereocenters. The maximum atomic E-state index is 10.5. The maximum Gasteiger partial charge on any atom is 0.273 e. The fourth-order valence-corrected chi connectivity index (χ4v) is 1.14. The highest BCUT2D eigenvalue weighted by Gasteiger charge is 2.13. The molecule has 0 radical (unpaired) electrons. The van der Waals surface area contributed by atoms with Crippen molar-refractivity contribution in [2.24, 2.45) is 0 Å². The van der Waals surface area contributed by atoms with Gasteiger partial charge < -0.3 is 9.47 Å². The molecule has 0 aliphatic rings. The van der Waals surface area contributed by atoms with Gasteiger partial charge in [0.2, 0.25) is 0 Å². The monoisotopic (exact) mass is 231 g/mol. The Labute approximate surface area is 91.7 Å². The minimum Gasteiger partial charge on any atom is -0.493 e. The van der Waals surface area contributed by atoms with E-state index in [-0.39, 0.29) is 11.4 Å². The zero-order chi connectivity index (χ0) is 11.4. The lowest BCUT2D eigenvalue weighted by Crippen LogP contribution is -2.04. The van der Waals surface area contributed by atoms with Crippen LogP contribution in [-0.2, 0) is 0 Å². The molecule has 1 rings (SSSR count). The molecule has 1 unspecified atom stereocenters. The number of alkyl halides is 1. The highest BCUT2D eigenvalue weighted by Crippen LogP contribution is 2.32. The Morgan fingerprint density at radius 1 is 1.47 bits per heavy atom. The fraction of sp³-hybridized carbons (Fsp3) is 0.333. The van der Waals surface area contributed by atoms with E-state index in [2.05, 4.69) is 0 Å². The molecule has 0 aliphatic carbocycles. The summed E-state index contributed by atoms with van der Waals surface area (Å²) in [5.41, 5.74) is -0.649. The summed E-state index contributed by atoms with van der Waals surface area (Å²) in [6.07, 6.45) is 0. The number of nitro benzene ring substituents is 1. The van der Waals surface area contributed by atoms with Crippen molar-refractivity contribution in [1.29, 1.82) is 0 Å². The number of non-ortho nitro benzene ring substituents is 1. The lowest BCUT2D eigenvalue weighted by Gasteiger charge is -2.11. The molecule has 0 aliphatic heterocycles. The summed E-state index contributed by atoms with van der Waals surface area (Å²) in [6, 6.07) is 4.08. The summed E-state index contributed by atoms with van der Waals surface area (Å²) >= 11 is 5.63. The van der Waals surface area contributed by atoms with E-state index < -0.39 is 10.5 Å². The number of nitro groups is 1. The van der Waals surface area contributed by atoms with Crippen LogP contribution < -0.4 is 9.47 Å². The van der Waals surface area contributed by atoms with Gasteiger partial charge in [-0.25, -0.2) is 0 Å². The van der Waals surface area contributed by atoms with Crippen LogP contribution in [0.4, 0.5) is 5.69 Å². The Hall–Kier alpha value is -1.49. The van der Waals surface area contributed by atoms with Crippen LogP contribution >= 0.6 is 11.6 Å². The van der Waals surface area contributed by atoms with Crippen molar-refractivity contribution in [1.82, 2.24) is 0 Å². The zero-order valence-corrected chi connectivity index (χ0v) is 9.02. The first-order chi connectivity index (χ1) is 7.04. The topological polar surface area (TPSA) is 61.6 Å². The van der Waals surface area contributed by atoms with E-state index in [1.807, 2.05) is 0 Å². The average molecular weight is 232 g/mol. The Morgan fingerprint density at radius 2 is 2.13 bits per heavy atom. The molecule has 0 N–H and O–H groups in total. The molecule has 0 heterocycles. The number of rotatable bonds is 4. The van der Waals surface area contributed by atoms with Crippen LogP contribution in [0.25, 0.3) is 0 Å². The summed E-state index contributed by atoms with van der Waals surface area (Å²) < 4.78 is 10.1. The maximum absolute atomic E-state index is 10.5. The molecule has 0 amide bonds. The smallest absolute Gasteiger partial charge is 0.273 e. The van der Waals surface area contributed by atoms with Crippen molar-refractivity contribution in [2.75, 3.05) is 7.11 Å². The van der Waals surface area contributed by atoms with Crippen molar-refractivity contribution < 1.29 is 14.4 Å². The second-order valence-electron chi connectivity index (χ2n) is 2.75. The quantitative estimate of drug-likeness (QED) is 0.454. The van der Waals surface area contributed by atoms with E-state index in [1.165, 1.54) is 25.3 Å². The Bertz CT molecular complexity index is 367. The van der Waals surface area contributed by atoms with Crippen LogP contribution in [0.1, 0.15) is 6.92 Å². The molecule has 1 aromatic rings. The van der Waals surface area contributed by atoms with Gasteiger partial charge in [-0.2, -0.15) is 0 Å². The van der Waals surface area contributed by atoms with Crippen molar-refractivity contribution >= 4 is 17.3 Å². The Balaban J connectivity index is 3.07. The normalized spacial score (nSPS) is 11.9. The number of halogens is 1. The van der Waals surface area contributed by atoms with E-state index in [4.69, 9.17) is 21.1 Å². The molecule has 0 saturated heterocycles. The molecule has 0 spiro atoms. The first-order valence-corrected chi connectivity index (χ1v) is 4.61. The SMILES string of the molecule is COc1ccc([N+](=O)[O-])cc1OC(C)Cl. The van der Waals surface area contributed by atoms with Crippen LogP contribution in [-0.4, -0.2) is 17.6 Å². The lowest BCUT2D eigenvalue weighted by molar-refractivity contribution is -0.385. The van der Waals surface area contributed by atoms with Crippen LogP contribution in [0.5, 0.6) is 11.5 Å². The van der Waals surface area contributed by atoms with Crippen molar-refractivity contribution in [3.8, 4) is 11.5 Å². The first kappa shape index (κ1) is 11.6. The third kappa shape index (κ3) is 2.99. The van der Waals surface area contributed by atoms with Gasteiger partial charge in [0.25, 0.3) is 5.69 Å². The predicted octanol–water partition coefficient (Wildman–Crippen LogP) is 2.57. The van der Waals surface area contributed by atoms with Crippen molar-refractivity contribution in [3.05, 3.63) is 28.3 Å². The van der Waals surface area contributed by atoms with Gasteiger partial charge >= 0.3 is 0 Å². The third-order valence-corrected chi connectivity index (χ3v) is 1.74. The highest BCUT2D eigenvalue weighted by molar-refractivity contribution is 6.19. The lowest BCUT2D eigenvalue weighted by atomic mass is 10.3. The number of hydrogen-bond acceptors (Lipinski definition) is 4. The van der Waals surface area contributed by atoms with Gasteiger partial charge in [-0.1, -0.05) is 11.6 Å². The number of hydrogen-bond donors (Lipinski definition) is 0. The number of methoxy groups -OCH3 is 1. The van der Waals surface area contributed by atoms with E-state index in [0.717, 1.165) is 0 Å². The molecule has 0 saturated carbocycles. The van der Waals surface area contributed by atoms with E-state index in [0.29, 0.717) is 5.75 Å². The summed E-state index contributed by atoms with van der Waals surface area (Å²) in [7, 11) is 1.45. The molecular weight excluding hydrogens is 222 g/mol. The molecule has 82 valence electrons. The fourth-order valence-electron chi connectivity index (χ4n) is 1.05. The minimum absolute atomic E-state index is 0.0666. The second-order valence-corrected chi connectivity index (χ2v) is 3.37. The molecule has 15 heavy (non-hydrogen) atoms. The second kappa shape index (κ2) is 4.84. The Kier molecular flexibility index (Phi) is 3.74. The van der Waals surface area contributed by atoms with Crippen LogP contribution in [0.3, 0.4) is 0 Å². The van der Waals surface area contributed by atoms with Gasteiger partial charge in [0.1, 0.15) is 0 Å². The Morgan fingerprint density at radius 3 is 2.60 bits per heavy atom. The van der Waals surface area contributed by atoms with Crippen molar-refractivity contribution in [3.63, 3.8) is 0 Å². The largest absolute Gasteiger partial charge is 0.493 e. The van der Waals surface area contributed by atoms with Crippen LogP contribution in [0.15, 0.2) is 18.2 Å². The first-order valence-electron chi connectivity index (χ1n) is 4.17. The van der Waals surface area contributed by atoms with Crippen LogP contribution in [0, 0.1) is 10.1 Å². The van der Waals surface area contributed by atoms with E-state index in [9.17, 15) is 10.1 Å². The molecule has 5 nitrogen and oxygen atoms in total. The van der Waals surface area contributed by atoms with E-state index in [1.54, 1.807) is 6.92 Å². The number of nitrogens with zero attached hydrogens (tertiary/aromatic N) is 1. The summed E-state index contributed by atoms with van der Waals surface area (Å²) in [5.74, 6) is 0.669. The molecular formula is C9H10ClNO4. The van der Waals surface area contributed by atoms with Gasteiger partial charge in [-0.3, -0.25) is 10.1 Å². The summed E-state index contributed by atoms with van der Waals surface area (Å²) in [4.78, 5) is 10.0. The van der Waals surface area contributed by atoms with Gasteiger partial charge in [0.15, 0.2) is 17.1 Å². The average Bonchev–Trinajstić information content (AvgIpc) is 2.16. The molecule has 1 aromatic carbocycles. The summed E-state index contributed by atoms with van der Waals surface area (Å²) in [6.45, 7) is 1.61. The van der Waals surface area contributed by atoms with Gasteiger partial charge in [0, 0.05) is 6.07 Å². The molecule has 0 aromatic heterocycles. The van der Waals surface area contributed by atoms with Gasteiger partial charge in [-0.15, -0.1) is 0 Å². The third-order valence-electron chi connectivity index (χ3n) is 1.65. The molecule has 0 bridgehead atoms. The van der Waals surface area contributed by atoms with Crippen LogP contribution in [0.2, 0.25) is 0 Å². The molecule has 0 fully saturated rings. The van der Waals surface area contributed by atoms with Crippen molar-refractivity contribution in [2.45, 2.75) is 12.5 Å². The van der Waals surface area contributed by atoms with Gasteiger partial charge in [-0.05, 0) is 13.0 Å². The number of ether oxygens (including phenoxy) is 2. The number of benzene rings is 1. The minimum atomic E-state index is -0.582. The zero-order valence-electron chi connectivity index (χ0n) is 8.27. The molecule has 6 heteroatoms. The highest BCUT2D eigenvalue weighted by atomic mass is 35.5. The van der Waals surface area contributed by atoms with Gasteiger partial charge in [0.05, 0.1) is 18.1 Å². The van der Waals surface area contributed by atoms with E-state index >= 15 is 0 Å². The standard InChI is InChI=1S/C9H10ClNO4/c1-6(10)15-9-5-7(11(12)13)3-4-8(9)14-2/h3-6H,1-2H3.